The maximum atomic E-state index is 11.6. The Bertz CT molecular complexity index is 561. The fraction of sp³-hybridized carbons (Fsp3) is 0.188. The van der Waals surface area contributed by atoms with E-state index in [1.54, 1.807) is 6.07 Å². The first kappa shape index (κ1) is 13.1. The summed E-state index contributed by atoms with van der Waals surface area (Å²) in [5.41, 5.74) is 2.97. The zero-order valence-corrected chi connectivity index (χ0v) is 11.1. The summed E-state index contributed by atoms with van der Waals surface area (Å²) < 4.78 is 10.2. The second-order valence-electron chi connectivity index (χ2n) is 4.40. The average molecular weight is 256 g/mol. The minimum atomic E-state index is -0.684. The summed E-state index contributed by atoms with van der Waals surface area (Å²) in [4.78, 5) is 11.6. The molecule has 0 atom stereocenters. The van der Waals surface area contributed by atoms with E-state index in [1.165, 1.54) is 0 Å². The van der Waals surface area contributed by atoms with Gasteiger partial charge in [0.05, 0.1) is 0 Å². The Balaban J connectivity index is 1.91. The minimum absolute atomic E-state index is 0.213. The highest BCUT2D eigenvalue weighted by atomic mass is 16.7. The van der Waals surface area contributed by atoms with Crippen LogP contribution in [0.4, 0.5) is 4.79 Å². The predicted octanol–water partition coefficient (Wildman–Crippen LogP) is 4.02. The van der Waals surface area contributed by atoms with Crippen LogP contribution < -0.4 is 4.74 Å². The van der Waals surface area contributed by atoms with Gasteiger partial charge in [0.1, 0.15) is 12.4 Å². The van der Waals surface area contributed by atoms with Crippen LogP contribution in [0.25, 0.3) is 0 Å². The van der Waals surface area contributed by atoms with E-state index in [9.17, 15) is 4.79 Å². The van der Waals surface area contributed by atoms with E-state index in [2.05, 4.69) is 0 Å². The highest BCUT2D eigenvalue weighted by Crippen LogP contribution is 2.19. The predicted molar refractivity (Wildman–Crippen MR) is 73.2 cm³/mol. The molecule has 0 saturated heterocycles. The third-order valence-electron chi connectivity index (χ3n) is 2.72. The van der Waals surface area contributed by atoms with Crippen LogP contribution in [0.1, 0.15) is 16.7 Å². The monoisotopic (exact) mass is 256 g/mol. The van der Waals surface area contributed by atoms with Gasteiger partial charge in [-0.2, -0.15) is 0 Å². The molecule has 19 heavy (non-hydrogen) atoms. The van der Waals surface area contributed by atoms with Gasteiger partial charge in [0.2, 0.25) is 0 Å². The number of aryl methyl sites for hydroxylation is 2. The first-order valence-corrected chi connectivity index (χ1v) is 6.11. The Morgan fingerprint density at radius 3 is 2.47 bits per heavy atom. The topological polar surface area (TPSA) is 35.5 Å². The molecule has 0 amide bonds. The lowest BCUT2D eigenvalue weighted by molar-refractivity contribution is 0.0925. The first-order valence-electron chi connectivity index (χ1n) is 6.11. The largest absolute Gasteiger partial charge is 0.514 e. The Morgan fingerprint density at radius 1 is 1.05 bits per heavy atom. The fourth-order valence-corrected chi connectivity index (χ4v) is 1.75. The summed E-state index contributed by atoms with van der Waals surface area (Å²) in [7, 11) is 0. The van der Waals surface area contributed by atoms with E-state index in [-0.39, 0.29) is 6.61 Å². The summed E-state index contributed by atoms with van der Waals surface area (Å²) >= 11 is 0. The molecule has 2 aromatic rings. The quantitative estimate of drug-likeness (QED) is 0.614. The molecule has 2 aromatic carbocycles. The van der Waals surface area contributed by atoms with Gasteiger partial charge in [0, 0.05) is 0 Å². The van der Waals surface area contributed by atoms with Gasteiger partial charge in [-0.05, 0) is 31.0 Å². The van der Waals surface area contributed by atoms with Crippen molar-refractivity contribution < 1.29 is 14.3 Å². The fourth-order valence-electron chi connectivity index (χ4n) is 1.75. The van der Waals surface area contributed by atoms with Crippen LogP contribution in [0, 0.1) is 13.8 Å². The molecular weight excluding hydrogens is 240 g/mol. The van der Waals surface area contributed by atoms with Gasteiger partial charge in [0.25, 0.3) is 0 Å². The maximum absolute atomic E-state index is 11.6. The van der Waals surface area contributed by atoms with Gasteiger partial charge in [0.15, 0.2) is 0 Å². The number of ether oxygens (including phenoxy) is 2. The van der Waals surface area contributed by atoms with E-state index >= 15 is 0 Å². The average Bonchev–Trinajstić information content (AvgIpc) is 2.41. The van der Waals surface area contributed by atoms with Crippen LogP contribution >= 0.6 is 0 Å². The Hall–Kier alpha value is -2.29. The molecule has 0 aliphatic carbocycles. The van der Waals surface area contributed by atoms with Gasteiger partial charge in [-0.1, -0.05) is 48.0 Å². The molecule has 2 rings (SSSR count). The molecule has 0 unspecified atom stereocenters. The van der Waals surface area contributed by atoms with Crippen molar-refractivity contribution in [3.8, 4) is 5.75 Å². The van der Waals surface area contributed by atoms with Crippen molar-refractivity contribution >= 4 is 6.16 Å². The molecular formula is C16H16O3. The van der Waals surface area contributed by atoms with Crippen molar-refractivity contribution in [1.82, 2.24) is 0 Å². The summed E-state index contributed by atoms with van der Waals surface area (Å²) in [6.45, 7) is 4.10. The normalized spacial score (nSPS) is 10.0. The first-order chi connectivity index (χ1) is 9.15. The van der Waals surface area contributed by atoms with Crippen molar-refractivity contribution in [3.05, 3.63) is 65.2 Å². The highest BCUT2D eigenvalue weighted by molar-refractivity contribution is 5.64. The molecule has 98 valence electrons. The molecule has 3 heteroatoms. The lowest BCUT2D eigenvalue weighted by Gasteiger charge is -2.08. The van der Waals surface area contributed by atoms with E-state index in [1.807, 2.05) is 56.3 Å². The van der Waals surface area contributed by atoms with Crippen LogP contribution in [0.2, 0.25) is 0 Å². The number of hydrogen-bond donors (Lipinski definition) is 0. The number of benzene rings is 2. The Morgan fingerprint density at radius 2 is 1.79 bits per heavy atom. The molecule has 0 aromatic heterocycles. The third-order valence-corrected chi connectivity index (χ3v) is 2.72. The Labute approximate surface area is 112 Å². The number of carbonyl (C=O) groups excluding carboxylic acids is 1. The van der Waals surface area contributed by atoms with Gasteiger partial charge in [-0.3, -0.25) is 0 Å². The molecule has 0 aliphatic heterocycles. The minimum Gasteiger partial charge on any atom is -0.429 e. The van der Waals surface area contributed by atoms with E-state index in [4.69, 9.17) is 9.47 Å². The molecule has 0 fully saturated rings. The molecule has 3 nitrogen and oxygen atoms in total. The summed E-state index contributed by atoms with van der Waals surface area (Å²) in [5.74, 6) is 0.531. The van der Waals surface area contributed by atoms with Crippen molar-refractivity contribution in [2.75, 3.05) is 0 Å². The van der Waals surface area contributed by atoms with Crippen molar-refractivity contribution in [2.45, 2.75) is 20.5 Å². The Kier molecular flexibility index (Phi) is 4.18. The van der Waals surface area contributed by atoms with Crippen molar-refractivity contribution in [3.63, 3.8) is 0 Å². The second kappa shape index (κ2) is 6.05. The van der Waals surface area contributed by atoms with Crippen LogP contribution in [0.15, 0.2) is 48.5 Å². The van der Waals surface area contributed by atoms with Gasteiger partial charge in [-0.25, -0.2) is 4.79 Å². The molecule has 0 bridgehead atoms. The lowest BCUT2D eigenvalue weighted by atomic mass is 10.1. The zero-order valence-electron chi connectivity index (χ0n) is 11.1. The van der Waals surface area contributed by atoms with Gasteiger partial charge < -0.3 is 9.47 Å². The van der Waals surface area contributed by atoms with Gasteiger partial charge >= 0.3 is 6.16 Å². The summed E-state index contributed by atoms with van der Waals surface area (Å²) in [6.07, 6.45) is -0.684. The van der Waals surface area contributed by atoms with Crippen LogP contribution in [0.3, 0.4) is 0 Å². The van der Waals surface area contributed by atoms with Crippen LogP contribution in [0.5, 0.6) is 5.75 Å². The molecule has 0 radical (unpaired) electrons. The third kappa shape index (κ3) is 3.85. The lowest BCUT2D eigenvalue weighted by Crippen LogP contribution is -2.11. The van der Waals surface area contributed by atoms with Gasteiger partial charge in [-0.15, -0.1) is 0 Å². The van der Waals surface area contributed by atoms with E-state index < -0.39 is 6.16 Å². The van der Waals surface area contributed by atoms with Crippen molar-refractivity contribution in [1.29, 1.82) is 0 Å². The standard InChI is InChI=1S/C16H16O3/c1-12-8-9-15(13(2)10-12)19-16(17)18-11-14-6-4-3-5-7-14/h3-10H,11H2,1-2H3. The molecule has 0 spiro atoms. The molecule has 0 heterocycles. The summed E-state index contributed by atoms with van der Waals surface area (Å²) in [6, 6.07) is 15.1. The van der Waals surface area contributed by atoms with E-state index in [0.717, 1.165) is 16.7 Å². The summed E-state index contributed by atoms with van der Waals surface area (Å²) in [5, 5.41) is 0. The van der Waals surface area contributed by atoms with Crippen molar-refractivity contribution in [2.24, 2.45) is 0 Å². The maximum Gasteiger partial charge on any atom is 0.514 e. The second-order valence-corrected chi connectivity index (χ2v) is 4.40. The van der Waals surface area contributed by atoms with E-state index in [0.29, 0.717) is 5.75 Å². The molecule has 0 aliphatic rings. The SMILES string of the molecule is Cc1ccc(OC(=O)OCc2ccccc2)c(C)c1. The van der Waals surface area contributed by atoms with Crippen LogP contribution in [-0.2, 0) is 11.3 Å². The number of carbonyl (C=O) groups is 1. The number of rotatable bonds is 3. The van der Waals surface area contributed by atoms with Crippen LogP contribution in [-0.4, -0.2) is 6.16 Å². The molecule has 0 saturated carbocycles. The number of hydrogen-bond acceptors (Lipinski definition) is 3. The highest BCUT2D eigenvalue weighted by Gasteiger charge is 2.08. The smallest absolute Gasteiger partial charge is 0.429 e. The zero-order chi connectivity index (χ0) is 13.7. The molecule has 0 N–H and O–H groups in total.